The van der Waals surface area contributed by atoms with Crippen LogP contribution >= 0.6 is 0 Å². The molecule has 0 aliphatic heterocycles. The maximum absolute atomic E-state index is 8.66. The highest BCUT2D eigenvalue weighted by molar-refractivity contribution is 5.38. The summed E-state index contributed by atoms with van der Waals surface area (Å²) < 4.78 is 5.68. The Hall–Kier alpha value is -2.31. The number of aromatic nitrogens is 1. The summed E-state index contributed by atoms with van der Waals surface area (Å²) in [6, 6.07) is 13.5. The van der Waals surface area contributed by atoms with Gasteiger partial charge < -0.3 is 9.84 Å². The van der Waals surface area contributed by atoms with E-state index in [1.165, 1.54) is 0 Å². The van der Waals surface area contributed by atoms with Crippen molar-refractivity contribution in [1.29, 1.82) is 0 Å². The highest BCUT2D eigenvalue weighted by Gasteiger charge is 1.97. The fraction of sp³-hybridized carbons (Fsp3) is 0.235. The number of rotatable bonds is 4. The normalized spacial score (nSPS) is 9.70. The predicted molar refractivity (Wildman–Crippen MR) is 78.3 cm³/mol. The minimum atomic E-state index is 0.0949. The van der Waals surface area contributed by atoms with E-state index in [9.17, 15) is 0 Å². The van der Waals surface area contributed by atoms with E-state index in [1.807, 2.05) is 49.4 Å². The van der Waals surface area contributed by atoms with Crippen LogP contribution in [-0.4, -0.2) is 16.7 Å². The number of nitrogens with zero attached hydrogens (tertiary/aromatic N) is 1. The zero-order valence-corrected chi connectivity index (χ0v) is 11.5. The average Bonchev–Trinajstić information content (AvgIpc) is 2.47. The number of ether oxygens (including phenoxy) is 1. The van der Waals surface area contributed by atoms with Gasteiger partial charge in [-0.1, -0.05) is 17.9 Å². The maximum Gasteiger partial charge on any atom is 0.130 e. The molecular weight excluding hydrogens is 250 g/mol. The highest BCUT2D eigenvalue weighted by Crippen LogP contribution is 2.13. The Morgan fingerprint density at radius 3 is 2.65 bits per heavy atom. The van der Waals surface area contributed by atoms with E-state index in [4.69, 9.17) is 9.84 Å². The van der Waals surface area contributed by atoms with Gasteiger partial charge in [0.15, 0.2) is 0 Å². The third-order valence-corrected chi connectivity index (χ3v) is 2.66. The Labute approximate surface area is 119 Å². The van der Waals surface area contributed by atoms with Gasteiger partial charge in [-0.05, 0) is 43.3 Å². The number of pyridine rings is 1. The smallest absolute Gasteiger partial charge is 0.130 e. The summed E-state index contributed by atoms with van der Waals surface area (Å²) in [5.41, 5.74) is 2.82. The number of aryl methyl sites for hydroxylation is 1. The number of aliphatic hydroxyl groups excluding tert-OH is 1. The van der Waals surface area contributed by atoms with E-state index in [-0.39, 0.29) is 6.61 Å². The Balaban J connectivity index is 1.93. The van der Waals surface area contributed by atoms with Crippen LogP contribution < -0.4 is 4.74 Å². The molecule has 1 N–H and O–H groups in total. The fourth-order valence-corrected chi connectivity index (χ4v) is 1.69. The van der Waals surface area contributed by atoms with Gasteiger partial charge in [0.05, 0.1) is 12.3 Å². The summed E-state index contributed by atoms with van der Waals surface area (Å²) in [6.45, 7) is 2.51. The topological polar surface area (TPSA) is 42.4 Å². The molecule has 0 amide bonds. The molecule has 0 saturated heterocycles. The predicted octanol–water partition coefficient (Wildman–Crippen LogP) is 2.70. The van der Waals surface area contributed by atoms with Crippen LogP contribution in [0.2, 0.25) is 0 Å². The molecule has 20 heavy (non-hydrogen) atoms. The van der Waals surface area contributed by atoms with Gasteiger partial charge in [0.25, 0.3) is 0 Å². The van der Waals surface area contributed by atoms with Crippen molar-refractivity contribution < 1.29 is 9.84 Å². The third-order valence-electron chi connectivity index (χ3n) is 2.66. The van der Waals surface area contributed by atoms with Crippen molar-refractivity contribution in [3.63, 3.8) is 0 Å². The first-order valence-corrected chi connectivity index (χ1v) is 6.53. The second-order valence-electron chi connectivity index (χ2n) is 4.36. The lowest BCUT2D eigenvalue weighted by Crippen LogP contribution is -1.98. The van der Waals surface area contributed by atoms with Gasteiger partial charge in [-0.2, -0.15) is 0 Å². The van der Waals surface area contributed by atoms with Crippen molar-refractivity contribution in [2.75, 3.05) is 6.61 Å². The standard InChI is InChI=1S/C17H17NO2/c1-14-5-4-7-16(18-14)13-20-17-10-8-15(9-11-17)6-2-3-12-19/h4-5,7-11,19H,3,12-13H2,1H3. The van der Waals surface area contributed by atoms with Crippen LogP contribution in [0, 0.1) is 18.8 Å². The maximum atomic E-state index is 8.66. The van der Waals surface area contributed by atoms with Crippen molar-refractivity contribution in [2.45, 2.75) is 20.0 Å². The van der Waals surface area contributed by atoms with Crippen LogP contribution in [0.25, 0.3) is 0 Å². The summed E-state index contributed by atoms with van der Waals surface area (Å²) in [7, 11) is 0. The summed E-state index contributed by atoms with van der Waals surface area (Å²) in [4.78, 5) is 4.38. The highest BCUT2D eigenvalue weighted by atomic mass is 16.5. The molecule has 102 valence electrons. The Morgan fingerprint density at radius 2 is 1.95 bits per heavy atom. The zero-order valence-electron chi connectivity index (χ0n) is 11.5. The quantitative estimate of drug-likeness (QED) is 0.866. The first kappa shape index (κ1) is 14.1. The van der Waals surface area contributed by atoms with Crippen LogP contribution in [-0.2, 0) is 6.61 Å². The van der Waals surface area contributed by atoms with Gasteiger partial charge in [0.1, 0.15) is 12.4 Å². The molecule has 0 fully saturated rings. The SMILES string of the molecule is Cc1cccc(COc2ccc(C#CCCO)cc2)n1. The van der Waals surface area contributed by atoms with Gasteiger partial charge in [0.2, 0.25) is 0 Å². The van der Waals surface area contributed by atoms with Crippen LogP contribution in [0.3, 0.4) is 0 Å². The Bertz CT molecular complexity index is 609. The fourth-order valence-electron chi connectivity index (χ4n) is 1.69. The molecule has 1 heterocycles. The lowest BCUT2D eigenvalue weighted by molar-refractivity contribution is 0.301. The molecule has 0 saturated carbocycles. The summed E-state index contributed by atoms with van der Waals surface area (Å²) in [5, 5.41) is 8.66. The van der Waals surface area contributed by atoms with Crippen molar-refractivity contribution in [1.82, 2.24) is 4.98 Å². The third kappa shape index (κ3) is 4.42. The number of hydrogen-bond donors (Lipinski definition) is 1. The number of hydrogen-bond acceptors (Lipinski definition) is 3. The molecule has 1 aromatic carbocycles. The summed E-state index contributed by atoms with van der Waals surface area (Å²) in [6.07, 6.45) is 0.497. The van der Waals surface area contributed by atoms with E-state index in [0.29, 0.717) is 13.0 Å². The first-order valence-electron chi connectivity index (χ1n) is 6.53. The van der Waals surface area contributed by atoms with Crippen LogP contribution in [0.4, 0.5) is 0 Å². The second-order valence-corrected chi connectivity index (χ2v) is 4.36. The Morgan fingerprint density at radius 1 is 1.15 bits per heavy atom. The minimum Gasteiger partial charge on any atom is -0.487 e. The van der Waals surface area contributed by atoms with Crippen LogP contribution in [0.1, 0.15) is 23.4 Å². The molecule has 0 aliphatic rings. The van der Waals surface area contributed by atoms with Gasteiger partial charge in [-0.15, -0.1) is 0 Å². The van der Waals surface area contributed by atoms with E-state index < -0.39 is 0 Å². The van der Waals surface area contributed by atoms with E-state index >= 15 is 0 Å². The first-order chi connectivity index (χ1) is 9.78. The van der Waals surface area contributed by atoms with Crippen LogP contribution in [0.15, 0.2) is 42.5 Å². The average molecular weight is 267 g/mol. The molecule has 3 heteroatoms. The van der Waals surface area contributed by atoms with Crippen molar-refractivity contribution in [2.24, 2.45) is 0 Å². The van der Waals surface area contributed by atoms with Crippen LogP contribution in [0.5, 0.6) is 5.75 Å². The molecule has 3 nitrogen and oxygen atoms in total. The monoisotopic (exact) mass is 267 g/mol. The van der Waals surface area contributed by atoms with Gasteiger partial charge in [-0.25, -0.2) is 0 Å². The van der Waals surface area contributed by atoms with Gasteiger partial charge in [-0.3, -0.25) is 4.98 Å². The molecule has 1 aromatic heterocycles. The zero-order chi connectivity index (χ0) is 14.2. The van der Waals surface area contributed by atoms with Crippen molar-refractivity contribution in [3.05, 3.63) is 59.4 Å². The van der Waals surface area contributed by atoms with E-state index in [2.05, 4.69) is 16.8 Å². The minimum absolute atomic E-state index is 0.0949. The molecule has 0 atom stereocenters. The molecule has 0 radical (unpaired) electrons. The van der Waals surface area contributed by atoms with Crippen molar-refractivity contribution >= 4 is 0 Å². The lowest BCUT2D eigenvalue weighted by Gasteiger charge is -2.06. The molecule has 2 rings (SSSR count). The molecule has 2 aromatic rings. The Kier molecular flexibility index (Phi) is 5.16. The van der Waals surface area contributed by atoms with Gasteiger partial charge >= 0.3 is 0 Å². The molecule has 0 unspecified atom stereocenters. The summed E-state index contributed by atoms with van der Waals surface area (Å²) in [5.74, 6) is 6.65. The van der Waals surface area contributed by atoms with Gasteiger partial charge in [0, 0.05) is 17.7 Å². The molecular formula is C17H17NO2. The molecule has 0 aliphatic carbocycles. The lowest BCUT2D eigenvalue weighted by atomic mass is 10.2. The number of benzene rings is 1. The molecule has 0 bridgehead atoms. The molecule has 0 spiro atoms. The second kappa shape index (κ2) is 7.32. The van der Waals surface area contributed by atoms with Crippen molar-refractivity contribution in [3.8, 4) is 17.6 Å². The largest absolute Gasteiger partial charge is 0.487 e. The summed E-state index contributed by atoms with van der Waals surface area (Å²) >= 11 is 0. The van der Waals surface area contributed by atoms with E-state index in [1.54, 1.807) is 0 Å². The van der Waals surface area contributed by atoms with E-state index in [0.717, 1.165) is 22.7 Å². The number of aliphatic hydroxyl groups is 1.